The van der Waals surface area contributed by atoms with Gasteiger partial charge in [0.05, 0.1) is 0 Å². The average Bonchev–Trinajstić information content (AvgIpc) is 2.88. The van der Waals surface area contributed by atoms with E-state index in [4.69, 9.17) is 0 Å². The topological polar surface area (TPSA) is 17.1 Å². The van der Waals surface area contributed by atoms with E-state index in [2.05, 4.69) is 79.7 Å². The van der Waals surface area contributed by atoms with Gasteiger partial charge in [0.2, 0.25) is 0 Å². The highest BCUT2D eigenvalue weighted by molar-refractivity contribution is 7.98. The molecule has 0 unspecified atom stereocenters. The Hall–Kier alpha value is -2.80. The van der Waals surface area contributed by atoms with Crippen LogP contribution in [0.15, 0.2) is 120 Å². The molecule has 4 aromatic carbocycles. The van der Waals surface area contributed by atoms with Gasteiger partial charge in [-0.2, -0.15) is 0 Å². The lowest BCUT2D eigenvalue weighted by Crippen LogP contribution is -2.33. The lowest BCUT2D eigenvalue weighted by atomic mass is 10.1. The van der Waals surface area contributed by atoms with Crippen LogP contribution >= 0.6 is 18.6 Å². The molecule has 4 aromatic rings. The second-order valence-corrected chi connectivity index (χ2v) is 11.8. The summed E-state index contributed by atoms with van der Waals surface area (Å²) in [5.41, 5.74) is 0.795. The maximum absolute atomic E-state index is 14.3. The monoisotopic (exact) mass is 454 g/mol. The summed E-state index contributed by atoms with van der Waals surface area (Å²) in [6, 6.07) is 39.8. The van der Waals surface area contributed by atoms with E-state index in [1.807, 2.05) is 48.7 Å². The summed E-state index contributed by atoms with van der Waals surface area (Å²) in [5.74, 6) is 0.155. The second-order valence-electron chi connectivity index (χ2n) is 7.51. The van der Waals surface area contributed by atoms with Crippen molar-refractivity contribution in [1.82, 2.24) is 0 Å². The van der Waals surface area contributed by atoms with E-state index < -0.39 is 6.89 Å². The van der Waals surface area contributed by atoms with Crippen LogP contribution in [0.3, 0.4) is 0 Å². The van der Waals surface area contributed by atoms with Crippen molar-refractivity contribution in [1.29, 1.82) is 0 Å². The van der Waals surface area contributed by atoms with Gasteiger partial charge >= 0.3 is 0 Å². The Bertz CT molecular complexity index is 1140. The highest BCUT2D eigenvalue weighted by Gasteiger charge is 2.32. The van der Waals surface area contributed by atoms with E-state index >= 15 is 0 Å². The van der Waals surface area contributed by atoms with Gasteiger partial charge in [-0.15, -0.1) is 11.8 Å². The van der Waals surface area contributed by atoms with Crippen LogP contribution in [0, 0.1) is 0 Å². The van der Waals surface area contributed by atoms with Crippen LogP contribution in [0.1, 0.15) is 23.7 Å². The molecule has 0 radical (unpaired) electrons. The molecule has 0 aliphatic heterocycles. The summed E-state index contributed by atoms with van der Waals surface area (Å²) in [5, 5.41) is 4.63. The number of hydrogen-bond donors (Lipinski definition) is 0. The van der Waals surface area contributed by atoms with Gasteiger partial charge in [-0.3, -0.25) is 4.79 Å². The predicted molar refractivity (Wildman–Crippen MR) is 143 cm³/mol. The first-order valence-electron chi connectivity index (χ1n) is 10.8. The van der Waals surface area contributed by atoms with Crippen molar-refractivity contribution < 1.29 is 4.79 Å². The van der Waals surface area contributed by atoms with Gasteiger partial charge in [0.25, 0.3) is 0 Å². The van der Waals surface area contributed by atoms with Crippen LogP contribution in [0.2, 0.25) is 0 Å². The van der Waals surface area contributed by atoms with Crippen molar-refractivity contribution in [2.75, 3.05) is 6.26 Å². The Balaban J connectivity index is 2.20. The average molecular weight is 455 g/mol. The zero-order chi connectivity index (χ0) is 22.4. The first kappa shape index (κ1) is 22.4. The highest BCUT2D eigenvalue weighted by atomic mass is 32.2. The van der Waals surface area contributed by atoms with E-state index in [9.17, 15) is 4.79 Å². The Morgan fingerprint density at radius 2 is 1.06 bits per heavy atom. The molecule has 0 saturated carbocycles. The van der Waals surface area contributed by atoms with Gasteiger partial charge in [-0.1, -0.05) is 110 Å². The SMILES string of the molecule is CCC(C(=O)c1ccccc1SC)=P(c1ccccc1)(c1ccccc1)c1ccccc1. The normalized spacial score (nSPS) is 11.2. The van der Waals surface area contributed by atoms with E-state index in [1.165, 1.54) is 15.9 Å². The van der Waals surface area contributed by atoms with Crippen LogP contribution < -0.4 is 15.9 Å². The molecule has 0 aliphatic carbocycles. The van der Waals surface area contributed by atoms with Crippen molar-refractivity contribution in [2.24, 2.45) is 0 Å². The van der Waals surface area contributed by atoms with Crippen molar-refractivity contribution in [3.05, 3.63) is 121 Å². The molecule has 0 saturated heterocycles. The third kappa shape index (κ3) is 4.01. The van der Waals surface area contributed by atoms with E-state index in [0.29, 0.717) is 6.42 Å². The van der Waals surface area contributed by atoms with Crippen molar-refractivity contribution in [3.8, 4) is 0 Å². The van der Waals surface area contributed by atoms with E-state index in [-0.39, 0.29) is 5.78 Å². The van der Waals surface area contributed by atoms with E-state index in [0.717, 1.165) is 15.8 Å². The van der Waals surface area contributed by atoms with Crippen LogP contribution in [-0.2, 0) is 0 Å². The Labute approximate surface area is 195 Å². The molecule has 0 spiro atoms. The quantitative estimate of drug-likeness (QED) is 0.189. The summed E-state index contributed by atoms with van der Waals surface area (Å²) < 4.78 is 0. The Kier molecular flexibility index (Phi) is 7.15. The fourth-order valence-corrected chi connectivity index (χ4v) is 9.59. The molecular weight excluding hydrogens is 427 g/mol. The molecule has 0 fully saturated rings. The van der Waals surface area contributed by atoms with Crippen LogP contribution in [0.25, 0.3) is 0 Å². The third-order valence-corrected chi connectivity index (χ3v) is 11.1. The minimum Gasteiger partial charge on any atom is -0.289 e. The van der Waals surface area contributed by atoms with Gasteiger partial charge < -0.3 is 0 Å². The number of Topliss-reactive ketones (excluding diaryl/α,β-unsaturated/α-hetero) is 1. The first-order valence-corrected chi connectivity index (χ1v) is 13.8. The summed E-state index contributed by atoms with van der Waals surface area (Å²) in [4.78, 5) is 15.3. The van der Waals surface area contributed by atoms with Gasteiger partial charge in [0.1, 0.15) is 0 Å². The minimum absolute atomic E-state index is 0.155. The first-order chi connectivity index (χ1) is 15.7. The second kappa shape index (κ2) is 10.2. The third-order valence-electron chi connectivity index (χ3n) is 5.78. The maximum Gasteiger partial charge on any atom is 0.191 e. The number of carbonyl (C=O) groups excluding carboxylic acids is 1. The number of hydrogen-bond acceptors (Lipinski definition) is 2. The fourth-order valence-electron chi connectivity index (χ4n) is 4.41. The number of carbonyl (C=O) groups is 1. The molecule has 3 heteroatoms. The largest absolute Gasteiger partial charge is 0.289 e. The molecule has 0 atom stereocenters. The predicted octanol–water partition coefficient (Wildman–Crippen LogP) is 6.17. The summed E-state index contributed by atoms with van der Waals surface area (Å²) in [6.07, 6.45) is 2.72. The highest BCUT2D eigenvalue weighted by Crippen LogP contribution is 2.47. The van der Waals surface area contributed by atoms with Gasteiger partial charge in [-0.25, -0.2) is 0 Å². The number of rotatable bonds is 7. The lowest BCUT2D eigenvalue weighted by Gasteiger charge is -2.32. The van der Waals surface area contributed by atoms with Crippen LogP contribution in [0.4, 0.5) is 0 Å². The number of benzene rings is 4. The molecule has 0 aliphatic rings. The summed E-state index contributed by atoms with van der Waals surface area (Å²) in [6.45, 7) is -0.234. The lowest BCUT2D eigenvalue weighted by molar-refractivity contribution is 0.106. The van der Waals surface area contributed by atoms with Crippen molar-refractivity contribution in [3.63, 3.8) is 0 Å². The molecule has 32 heavy (non-hydrogen) atoms. The Morgan fingerprint density at radius 3 is 1.47 bits per heavy atom. The molecule has 0 heterocycles. The fraction of sp³-hybridized carbons (Fsp3) is 0.103. The molecule has 0 aromatic heterocycles. The Morgan fingerprint density at radius 1 is 0.656 bits per heavy atom. The van der Waals surface area contributed by atoms with Gasteiger partial charge in [0.15, 0.2) is 5.78 Å². The van der Waals surface area contributed by atoms with Gasteiger partial charge in [-0.05, 0) is 47.6 Å². The molecule has 0 amide bonds. The number of thioether (sulfide) groups is 1. The molecule has 4 rings (SSSR count). The zero-order valence-electron chi connectivity index (χ0n) is 18.4. The summed E-state index contributed by atoms with van der Waals surface area (Å²) in [7, 11) is 0. The smallest absolute Gasteiger partial charge is 0.191 e. The van der Waals surface area contributed by atoms with Crippen molar-refractivity contribution in [2.45, 2.75) is 18.2 Å². The van der Waals surface area contributed by atoms with Crippen LogP contribution in [0.5, 0.6) is 0 Å². The number of ketones is 1. The summed E-state index contributed by atoms with van der Waals surface area (Å²) >= 11 is 1.63. The molecule has 1 nitrogen and oxygen atoms in total. The van der Waals surface area contributed by atoms with Crippen LogP contribution in [-0.4, -0.2) is 17.3 Å². The molecule has 0 bridgehead atoms. The maximum atomic E-state index is 14.3. The molecular formula is C29H27OPS. The van der Waals surface area contributed by atoms with E-state index in [1.54, 1.807) is 11.8 Å². The standard InChI is InChI=1S/C29H27OPS/c1-3-27(29(30)26-21-13-14-22-28(26)32-2)31(23-15-7-4-8-16-23,24-17-9-5-10-18-24)25-19-11-6-12-20-25/h4-22H,3H2,1-2H3. The molecule has 160 valence electrons. The molecule has 0 N–H and O–H groups in total. The van der Waals surface area contributed by atoms with Crippen molar-refractivity contribution >= 4 is 45.6 Å². The zero-order valence-corrected chi connectivity index (χ0v) is 20.2. The van der Waals surface area contributed by atoms with Gasteiger partial charge in [0, 0.05) is 15.8 Å². The minimum atomic E-state index is -2.36.